The Hall–Kier alpha value is -1.40. The molecule has 0 aromatic carbocycles. The minimum absolute atomic E-state index is 0.0365. The molecule has 0 N–H and O–H groups in total. The van der Waals surface area contributed by atoms with Gasteiger partial charge in [-0.1, -0.05) is 13.8 Å². The molecule has 3 aliphatic heterocycles. The molecule has 4 aliphatic carbocycles. The average molecular weight is 429 g/mol. The van der Waals surface area contributed by atoms with E-state index in [1.807, 2.05) is 6.08 Å². The molecule has 4 saturated carbocycles. The van der Waals surface area contributed by atoms with Gasteiger partial charge in [-0.2, -0.15) is 0 Å². The fraction of sp³-hybridized carbons (Fsp3) is 0.840. The number of esters is 1. The standard InChI is InChI=1S/C25H32O6/c1-22-8-5-15(28-13-26)11-14(22)3-4-17-16(22)6-9-23(2)18(12-19-25(17,23)30-19)24-10-7-20(27)29-21(24)31-24/h7,10,13-19,21H,3-6,8-9,11-12H2,1-2H3/t14-,15+,16+,17-,18-,19-,21+,22+,23-,24-,25-/m1/s1. The molecule has 0 amide bonds. The van der Waals surface area contributed by atoms with Crippen molar-refractivity contribution in [2.24, 2.45) is 34.5 Å². The van der Waals surface area contributed by atoms with Gasteiger partial charge in [0.1, 0.15) is 11.7 Å². The lowest BCUT2D eigenvalue weighted by atomic mass is 9.43. The summed E-state index contributed by atoms with van der Waals surface area (Å²) in [4.78, 5) is 22.5. The first-order chi connectivity index (χ1) is 14.9. The highest BCUT2D eigenvalue weighted by atomic mass is 16.8. The molecule has 3 heterocycles. The molecule has 2 saturated heterocycles. The van der Waals surface area contributed by atoms with E-state index in [2.05, 4.69) is 13.8 Å². The highest BCUT2D eigenvalue weighted by Gasteiger charge is 2.85. The van der Waals surface area contributed by atoms with E-state index >= 15 is 0 Å². The lowest BCUT2D eigenvalue weighted by Gasteiger charge is -2.61. The Labute approximate surface area is 183 Å². The van der Waals surface area contributed by atoms with Gasteiger partial charge in [0.05, 0.1) is 6.10 Å². The van der Waals surface area contributed by atoms with Gasteiger partial charge in [-0.15, -0.1) is 0 Å². The molecular weight excluding hydrogens is 396 g/mol. The van der Waals surface area contributed by atoms with Gasteiger partial charge in [-0.05, 0) is 80.6 Å². The lowest BCUT2D eigenvalue weighted by Crippen LogP contribution is -2.59. The molecule has 11 atom stereocenters. The molecule has 31 heavy (non-hydrogen) atoms. The average Bonchev–Trinajstić information content (AvgIpc) is 3.63. The summed E-state index contributed by atoms with van der Waals surface area (Å²) in [7, 11) is 0. The van der Waals surface area contributed by atoms with Gasteiger partial charge >= 0.3 is 5.97 Å². The third-order valence-corrected chi connectivity index (χ3v) is 11.2. The van der Waals surface area contributed by atoms with Gasteiger partial charge in [-0.25, -0.2) is 4.79 Å². The number of hydrogen-bond donors (Lipinski definition) is 0. The SMILES string of the molecule is C[C@]12CC[C@H](OC=O)C[C@H]1CC[C@@H]1[C@@H]2CC[C@]2(C)[C@H]([C@]34C=CC(=O)O[C@H]3O4)C[C@H]3O[C@]132. The maximum Gasteiger partial charge on any atom is 0.332 e. The molecule has 6 nitrogen and oxygen atoms in total. The van der Waals surface area contributed by atoms with Gasteiger partial charge < -0.3 is 18.9 Å². The van der Waals surface area contributed by atoms with Gasteiger partial charge in [0.15, 0.2) is 5.60 Å². The van der Waals surface area contributed by atoms with Crippen LogP contribution in [0.15, 0.2) is 12.2 Å². The van der Waals surface area contributed by atoms with Crippen LogP contribution in [0.25, 0.3) is 0 Å². The second kappa shape index (κ2) is 5.74. The van der Waals surface area contributed by atoms with Crippen LogP contribution in [-0.2, 0) is 28.5 Å². The van der Waals surface area contributed by atoms with Crippen molar-refractivity contribution in [3.63, 3.8) is 0 Å². The van der Waals surface area contributed by atoms with Crippen LogP contribution in [0.3, 0.4) is 0 Å². The van der Waals surface area contributed by atoms with Crippen molar-refractivity contribution in [2.45, 2.75) is 94.9 Å². The van der Waals surface area contributed by atoms with E-state index in [9.17, 15) is 9.59 Å². The molecular formula is C25H32O6. The van der Waals surface area contributed by atoms with Crippen LogP contribution in [-0.4, -0.2) is 42.1 Å². The van der Waals surface area contributed by atoms with Crippen molar-refractivity contribution in [3.05, 3.63) is 12.2 Å². The van der Waals surface area contributed by atoms with E-state index < -0.39 is 11.9 Å². The van der Waals surface area contributed by atoms with E-state index in [1.54, 1.807) is 6.08 Å². The molecule has 0 aromatic heterocycles. The van der Waals surface area contributed by atoms with E-state index in [1.165, 1.54) is 19.3 Å². The van der Waals surface area contributed by atoms with Crippen molar-refractivity contribution in [3.8, 4) is 0 Å². The maximum absolute atomic E-state index is 11.7. The van der Waals surface area contributed by atoms with E-state index in [4.69, 9.17) is 18.9 Å². The summed E-state index contributed by atoms with van der Waals surface area (Å²) in [6, 6.07) is 0. The Morgan fingerprint density at radius 3 is 2.74 bits per heavy atom. The predicted molar refractivity (Wildman–Crippen MR) is 108 cm³/mol. The minimum Gasteiger partial charge on any atom is -0.465 e. The summed E-state index contributed by atoms with van der Waals surface area (Å²) >= 11 is 0. The van der Waals surface area contributed by atoms with Crippen LogP contribution < -0.4 is 0 Å². The quantitative estimate of drug-likeness (QED) is 0.389. The largest absolute Gasteiger partial charge is 0.465 e. The van der Waals surface area contributed by atoms with Crippen molar-refractivity contribution in [1.82, 2.24) is 0 Å². The zero-order chi connectivity index (χ0) is 21.2. The molecule has 7 rings (SSSR count). The van der Waals surface area contributed by atoms with E-state index in [-0.39, 0.29) is 23.1 Å². The molecule has 1 spiro atoms. The maximum atomic E-state index is 11.7. The van der Waals surface area contributed by atoms with Crippen molar-refractivity contribution < 1.29 is 28.5 Å². The minimum atomic E-state index is -0.426. The van der Waals surface area contributed by atoms with Crippen LogP contribution in [0.1, 0.15) is 65.2 Å². The number of carbonyl (C=O) groups excluding carboxylic acids is 2. The van der Waals surface area contributed by atoms with Crippen LogP contribution >= 0.6 is 0 Å². The Bertz CT molecular complexity index is 885. The summed E-state index contributed by atoms with van der Waals surface area (Å²) in [6.45, 7) is 5.58. The number of rotatable bonds is 3. The first-order valence-electron chi connectivity index (χ1n) is 12.2. The van der Waals surface area contributed by atoms with Crippen LogP contribution in [0.4, 0.5) is 0 Å². The Kier molecular flexibility index (Phi) is 3.54. The van der Waals surface area contributed by atoms with Crippen LogP contribution in [0.5, 0.6) is 0 Å². The van der Waals surface area contributed by atoms with Crippen LogP contribution in [0, 0.1) is 34.5 Å². The summed E-state index contributed by atoms with van der Waals surface area (Å²) in [5.74, 6) is 1.96. The summed E-state index contributed by atoms with van der Waals surface area (Å²) in [5, 5.41) is 0. The highest BCUT2D eigenvalue weighted by molar-refractivity contribution is 5.84. The Morgan fingerprint density at radius 2 is 1.94 bits per heavy atom. The molecule has 168 valence electrons. The number of fused-ring (bicyclic) bond motifs is 4. The highest BCUT2D eigenvalue weighted by Crippen LogP contribution is 2.79. The van der Waals surface area contributed by atoms with Crippen molar-refractivity contribution in [1.29, 1.82) is 0 Å². The van der Waals surface area contributed by atoms with E-state index in [0.29, 0.717) is 41.7 Å². The number of carbonyl (C=O) groups is 2. The number of epoxide rings is 2. The second-order valence-corrected chi connectivity index (χ2v) is 11.8. The van der Waals surface area contributed by atoms with Gasteiger partial charge in [0, 0.05) is 17.4 Å². The molecule has 6 fully saturated rings. The van der Waals surface area contributed by atoms with Gasteiger partial charge in [0.25, 0.3) is 6.47 Å². The fourth-order valence-corrected chi connectivity index (χ4v) is 9.63. The topological polar surface area (TPSA) is 77.7 Å². The van der Waals surface area contributed by atoms with Gasteiger partial charge in [-0.3, -0.25) is 4.79 Å². The third kappa shape index (κ3) is 2.12. The van der Waals surface area contributed by atoms with Crippen molar-refractivity contribution >= 4 is 12.4 Å². The van der Waals surface area contributed by atoms with E-state index in [0.717, 1.165) is 32.1 Å². The summed E-state index contributed by atoms with van der Waals surface area (Å²) < 4.78 is 23.5. The molecule has 6 heteroatoms. The normalized spacial score (nSPS) is 60.5. The first-order valence-corrected chi connectivity index (χ1v) is 12.2. The molecule has 0 aromatic rings. The molecule has 0 radical (unpaired) electrons. The molecule has 7 aliphatic rings. The summed E-state index contributed by atoms with van der Waals surface area (Å²) in [6.07, 6.45) is 12.5. The van der Waals surface area contributed by atoms with Gasteiger partial charge in [0.2, 0.25) is 6.29 Å². The first kappa shape index (κ1) is 19.1. The third-order valence-electron chi connectivity index (χ3n) is 11.2. The smallest absolute Gasteiger partial charge is 0.332 e. The van der Waals surface area contributed by atoms with Crippen molar-refractivity contribution in [2.75, 3.05) is 0 Å². The Balaban J connectivity index is 1.19. The monoisotopic (exact) mass is 428 g/mol. The number of ether oxygens (including phenoxy) is 4. The number of hydrogen-bond acceptors (Lipinski definition) is 6. The zero-order valence-electron chi connectivity index (χ0n) is 18.4. The fourth-order valence-electron chi connectivity index (χ4n) is 9.63. The molecule has 0 unspecified atom stereocenters. The second-order valence-electron chi connectivity index (χ2n) is 11.8. The summed E-state index contributed by atoms with van der Waals surface area (Å²) in [5.41, 5.74) is -0.0912. The predicted octanol–water partition coefficient (Wildman–Crippen LogP) is 3.53. The lowest BCUT2D eigenvalue weighted by molar-refractivity contribution is -0.160. The molecule has 0 bridgehead atoms. The Morgan fingerprint density at radius 1 is 1.06 bits per heavy atom. The zero-order valence-corrected chi connectivity index (χ0v) is 18.4. The van der Waals surface area contributed by atoms with Crippen LogP contribution in [0.2, 0.25) is 0 Å².